The molecule has 2 unspecified atom stereocenters. The molecule has 13 heavy (non-hydrogen) atoms. The van der Waals surface area contributed by atoms with E-state index < -0.39 is 0 Å². The van der Waals surface area contributed by atoms with Gasteiger partial charge in [0.25, 0.3) is 0 Å². The molecule has 1 heterocycles. The number of rotatable bonds is 5. The second-order valence-electron chi connectivity index (χ2n) is 4.27. The van der Waals surface area contributed by atoms with Gasteiger partial charge in [0.15, 0.2) is 0 Å². The lowest BCUT2D eigenvalue weighted by molar-refractivity contribution is -0.207. The van der Waals surface area contributed by atoms with Crippen LogP contribution in [0, 0.1) is 5.92 Å². The third kappa shape index (κ3) is 2.23. The molecule has 1 aliphatic rings. The van der Waals surface area contributed by atoms with Crippen molar-refractivity contribution < 1.29 is 9.53 Å². The van der Waals surface area contributed by atoms with Crippen LogP contribution in [0.1, 0.15) is 52.9 Å². The van der Waals surface area contributed by atoms with E-state index in [-0.39, 0.29) is 17.5 Å². The van der Waals surface area contributed by atoms with Crippen molar-refractivity contribution >= 4 is 5.97 Å². The van der Waals surface area contributed by atoms with Gasteiger partial charge in [-0.15, -0.1) is 0 Å². The van der Waals surface area contributed by atoms with E-state index >= 15 is 0 Å². The molecule has 0 N–H and O–H groups in total. The summed E-state index contributed by atoms with van der Waals surface area (Å²) in [7, 11) is 0. The van der Waals surface area contributed by atoms with Crippen molar-refractivity contribution in [3.63, 3.8) is 0 Å². The Bertz CT molecular complexity index is 189. The summed E-state index contributed by atoms with van der Waals surface area (Å²) < 4.78 is 5.18. The summed E-state index contributed by atoms with van der Waals surface area (Å²) in [5.74, 6) is 0.0760. The van der Waals surface area contributed by atoms with Crippen LogP contribution in [0.25, 0.3) is 0 Å². The third-order valence-corrected chi connectivity index (χ3v) is 3.13. The van der Waals surface area contributed by atoms with Crippen molar-refractivity contribution in [3.05, 3.63) is 0 Å². The van der Waals surface area contributed by atoms with E-state index in [1.54, 1.807) is 0 Å². The number of carbonyl (C=O) groups is 1. The summed E-state index contributed by atoms with van der Waals surface area (Å²) in [4.78, 5) is 10.9. The van der Waals surface area contributed by atoms with Crippen molar-refractivity contribution in [2.24, 2.45) is 5.92 Å². The predicted octanol–water partition coefficient (Wildman–Crippen LogP) is 2.91. The van der Waals surface area contributed by atoms with E-state index in [0.29, 0.717) is 0 Å². The van der Waals surface area contributed by atoms with Crippen molar-refractivity contribution in [1.82, 2.24) is 0 Å². The fourth-order valence-electron chi connectivity index (χ4n) is 1.77. The number of hydrogen-bond donors (Lipinski definition) is 0. The largest absolute Gasteiger partial charge is 0.458 e. The fourth-order valence-corrected chi connectivity index (χ4v) is 1.77. The zero-order chi connectivity index (χ0) is 9.90. The SMILES string of the molecule is CCCCCCC1(C)OC(=O)C1C. The van der Waals surface area contributed by atoms with Crippen LogP contribution in [-0.4, -0.2) is 11.6 Å². The molecule has 0 aromatic rings. The summed E-state index contributed by atoms with van der Waals surface area (Å²) in [6, 6.07) is 0. The highest BCUT2D eigenvalue weighted by Crippen LogP contribution is 2.38. The van der Waals surface area contributed by atoms with Gasteiger partial charge in [0.1, 0.15) is 5.60 Å². The number of ether oxygens (including phenoxy) is 1. The number of hydrogen-bond acceptors (Lipinski definition) is 2. The molecule has 0 aromatic carbocycles. The Morgan fingerprint density at radius 1 is 1.38 bits per heavy atom. The summed E-state index contributed by atoms with van der Waals surface area (Å²) in [5.41, 5.74) is -0.148. The van der Waals surface area contributed by atoms with Crippen molar-refractivity contribution in [2.75, 3.05) is 0 Å². The minimum atomic E-state index is -0.148. The van der Waals surface area contributed by atoms with Gasteiger partial charge in [-0.25, -0.2) is 0 Å². The van der Waals surface area contributed by atoms with Crippen LogP contribution >= 0.6 is 0 Å². The van der Waals surface area contributed by atoms with Crippen LogP contribution in [-0.2, 0) is 9.53 Å². The highest BCUT2D eigenvalue weighted by atomic mass is 16.6. The topological polar surface area (TPSA) is 26.3 Å². The average molecular weight is 184 g/mol. The highest BCUT2D eigenvalue weighted by molar-refractivity contribution is 5.79. The van der Waals surface area contributed by atoms with Crippen molar-refractivity contribution in [1.29, 1.82) is 0 Å². The Morgan fingerprint density at radius 3 is 2.54 bits per heavy atom. The minimum Gasteiger partial charge on any atom is -0.458 e. The lowest BCUT2D eigenvalue weighted by Gasteiger charge is -2.43. The van der Waals surface area contributed by atoms with Gasteiger partial charge in [0.05, 0.1) is 5.92 Å². The minimum absolute atomic E-state index is 0.0296. The van der Waals surface area contributed by atoms with Crippen LogP contribution in [0.2, 0.25) is 0 Å². The normalized spacial score (nSPS) is 32.5. The predicted molar refractivity (Wildman–Crippen MR) is 52.4 cm³/mol. The number of carbonyl (C=O) groups excluding carboxylic acids is 1. The first kappa shape index (κ1) is 10.6. The Hall–Kier alpha value is -0.530. The maximum atomic E-state index is 10.9. The number of unbranched alkanes of at least 4 members (excludes halogenated alkanes) is 3. The van der Waals surface area contributed by atoms with Gasteiger partial charge in [0.2, 0.25) is 0 Å². The van der Waals surface area contributed by atoms with Gasteiger partial charge >= 0.3 is 5.97 Å². The molecule has 1 rings (SSSR count). The van der Waals surface area contributed by atoms with Crippen molar-refractivity contribution in [3.8, 4) is 0 Å². The van der Waals surface area contributed by atoms with Gasteiger partial charge in [-0.1, -0.05) is 26.2 Å². The molecule has 1 saturated heterocycles. The van der Waals surface area contributed by atoms with E-state index in [2.05, 4.69) is 6.92 Å². The summed E-state index contributed by atoms with van der Waals surface area (Å²) in [5, 5.41) is 0. The Labute approximate surface area is 80.7 Å². The lowest BCUT2D eigenvalue weighted by atomic mass is 9.81. The maximum Gasteiger partial charge on any atom is 0.313 e. The summed E-state index contributed by atoms with van der Waals surface area (Å²) in [6.45, 7) is 6.21. The molecule has 0 spiro atoms. The second kappa shape index (κ2) is 4.12. The third-order valence-electron chi connectivity index (χ3n) is 3.13. The molecule has 0 aromatic heterocycles. The van der Waals surface area contributed by atoms with Crippen LogP contribution < -0.4 is 0 Å². The standard InChI is InChI=1S/C11H20O2/c1-4-5-6-7-8-11(3)9(2)10(12)13-11/h9H,4-8H2,1-3H3. The van der Waals surface area contributed by atoms with Crippen LogP contribution in [0.3, 0.4) is 0 Å². The van der Waals surface area contributed by atoms with Gasteiger partial charge in [-0.3, -0.25) is 4.79 Å². The first-order valence-electron chi connectivity index (χ1n) is 5.33. The fraction of sp³-hybridized carbons (Fsp3) is 0.909. The second-order valence-corrected chi connectivity index (χ2v) is 4.27. The molecule has 0 bridgehead atoms. The number of esters is 1. The molecule has 2 atom stereocenters. The quantitative estimate of drug-likeness (QED) is 0.485. The van der Waals surface area contributed by atoms with E-state index in [0.717, 1.165) is 6.42 Å². The van der Waals surface area contributed by atoms with Gasteiger partial charge < -0.3 is 4.74 Å². The Kier molecular flexibility index (Phi) is 3.34. The first-order chi connectivity index (χ1) is 6.10. The number of cyclic esters (lactones) is 1. The highest BCUT2D eigenvalue weighted by Gasteiger charge is 2.49. The van der Waals surface area contributed by atoms with Gasteiger partial charge in [-0.05, 0) is 26.7 Å². The van der Waals surface area contributed by atoms with Gasteiger partial charge in [-0.2, -0.15) is 0 Å². The Balaban J connectivity index is 2.18. The maximum absolute atomic E-state index is 10.9. The zero-order valence-electron chi connectivity index (χ0n) is 8.93. The van der Waals surface area contributed by atoms with Crippen molar-refractivity contribution in [2.45, 2.75) is 58.5 Å². The average Bonchev–Trinajstić information content (AvgIpc) is 2.12. The van der Waals surface area contributed by atoms with Gasteiger partial charge in [0, 0.05) is 0 Å². The molecular weight excluding hydrogens is 164 g/mol. The zero-order valence-corrected chi connectivity index (χ0v) is 8.93. The van der Waals surface area contributed by atoms with E-state index in [9.17, 15) is 4.79 Å². The molecule has 0 radical (unpaired) electrons. The molecule has 76 valence electrons. The molecular formula is C11H20O2. The van der Waals surface area contributed by atoms with E-state index in [4.69, 9.17) is 4.74 Å². The summed E-state index contributed by atoms with van der Waals surface area (Å²) in [6.07, 6.45) is 6.02. The summed E-state index contributed by atoms with van der Waals surface area (Å²) >= 11 is 0. The smallest absolute Gasteiger partial charge is 0.313 e. The molecule has 0 amide bonds. The van der Waals surface area contributed by atoms with E-state index in [1.807, 2.05) is 13.8 Å². The molecule has 0 saturated carbocycles. The van der Waals surface area contributed by atoms with E-state index in [1.165, 1.54) is 25.7 Å². The molecule has 1 fully saturated rings. The van der Waals surface area contributed by atoms with Crippen LogP contribution in [0.4, 0.5) is 0 Å². The molecule has 0 aliphatic carbocycles. The molecule has 2 nitrogen and oxygen atoms in total. The Morgan fingerprint density at radius 2 is 2.08 bits per heavy atom. The molecule has 2 heteroatoms. The van der Waals surface area contributed by atoms with Crippen LogP contribution in [0.15, 0.2) is 0 Å². The lowest BCUT2D eigenvalue weighted by Crippen LogP contribution is -2.53. The first-order valence-corrected chi connectivity index (χ1v) is 5.33. The van der Waals surface area contributed by atoms with Crippen LogP contribution in [0.5, 0.6) is 0 Å². The monoisotopic (exact) mass is 184 g/mol. The molecule has 1 aliphatic heterocycles.